The Labute approximate surface area is 267 Å². The van der Waals surface area contributed by atoms with Crippen LogP contribution in [0.3, 0.4) is 0 Å². The van der Waals surface area contributed by atoms with Crippen LogP contribution in [-0.2, 0) is 6.42 Å². The van der Waals surface area contributed by atoms with E-state index in [1.807, 2.05) is 85.8 Å². The van der Waals surface area contributed by atoms with Crippen molar-refractivity contribution in [1.82, 2.24) is 25.3 Å². The Kier molecular flexibility index (Phi) is 9.09. The number of nitrogens with one attached hydrogen (secondary N) is 3. The number of nitrogens with zero attached hydrogens (tertiary/aromatic N) is 4. The van der Waals surface area contributed by atoms with E-state index in [2.05, 4.69) is 30.9 Å². The zero-order chi connectivity index (χ0) is 32.0. The summed E-state index contributed by atoms with van der Waals surface area (Å²) in [5, 5.41) is 21.7. The zero-order valence-electron chi connectivity index (χ0n) is 25.6. The minimum absolute atomic E-state index is 0.0834. The number of Topliss-reactive ketones (excluding diaryl/α,β-unsaturated/α-hetero) is 1. The summed E-state index contributed by atoms with van der Waals surface area (Å²) in [6.07, 6.45) is 5.79. The molecule has 6 rings (SSSR count). The number of amides is 1. The van der Waals surface area contributed by atoms with Gasteiger partial charge in [-0.25, -0.2) is 9.97 Å². The Bertz CT molecular complexity index is 1850. The summed E-state index contributed by atoms with van der Waals surface area (Å²) in [5.41, 5.74) is 6.68. The molecule has 232 valence electrons. The minimum Gasteiger partial charge on any atom is -0.370 e. The number of rotatable bonds is 10. The van der Waals surface area contributed by atoms with Gasteiger partial charge in [0.1, 0.15) is 0 Å². The maximum atomic E-state index is 14.1. The van der Waals surface area contributed by atoms with Crippen LogP contribution in [0.2, 0.25) is 0 Å². The second kappa shape index (κ2) is 13.7. The normalized spacial score (nSPS) is 14.9. The van der Waals surface area contributed by atoms with Crippen molar-refractivity contribution in [3.8, 4) is 11.3 Å². The molecule has 0 saturated heterocycles. The molecule has 2 aromatic heterocycles. The Hall–Kier alpha value is -5.45. The number of carbonyl (C=O) groups excluding carboxylic acids is 2. The highest BCUT2D eigenvalue weighted by atomic mass is 16.5. The first-order chi connectivity index (χ1) is 22.4. The van der Waals surface area contributed by atoms with Gasteiger partial charge in [-0.15, -0.1) is 0 Å². The van der Waals surface area contributed by atoms with Crippen molar-refractivity contribution >= 4 is 29.0 Å². The molecule has 5 aromatic rings. The minimum atomic E-state index is -0.611. The summed E-state index contributed by atoms with van der Waals surface area (Å²) in [4.78, 5) is 40.3. The molecule has 46 heavy (non-hydrogen) atoms. The third kappa shape index (κ3) is 6.63. The average molecular weight is 614 g/mol. The molecule has 4 N–H and O–H groups in total. The number of aromatic nitrogens is 3. The van der Waals surface area contributed by atoms with Crippen LogP contribution in [0.5, 0.6) is 0 Å². The summed E-state index contributed by atoms with van der Waals surface area (Å²) in [7, 11) is 1.58. The zero-order valence-corrected chi connectivity index (χ0v) is 25.6. The van der Waals surface area contributed by atoms with Gasteiger partial charge in [0, 0.05) is 65.7 Å². The highest BCUT2D eigenvalue weighted by molar-refractivity contribution is 5.98. The molecular weight excluding hydrogens is 578 g/mol. The first-order valence-corrected chi connectivity index (χ1v) is 15.1. The molecule has 10 nitrogen and oxygen atoms in total. The second-order valence-electron chi connectivity index (χ2n) is 11.3. The van der Waals surface area contributed by atoms with E-state index in [0.717, 1.165) is 28.1 Å². The van der Waals surface area contributed by atoms with E-state index < -0.39 is 6.04 Å². The SMILES string of the molecule is CNC(=O)c1cccc2c1C(C(CC(=O)c1ccc(C)c(Nc3nccc(-c4cccnc4)n3)c1)Cc1ccccc1)N(O)CN2. The quantitative estimate of drug-likeness (QED) is 0.136. The number of carbonyl (C=O) groups is 2. The van der Waals surface area contributed by atoms with Crippen LogP contribution in [0.4, 0.5) is 17.3 Å². The maximum Gasteiger partial charge on any atom is 0.251 e. The number of hydroxylamine groups is 2. The lowest BCUT2D eigenvalue weighted by molar-refractivity contribution is -0.141. The second-order valence-corrected chi connectivity index (χ2v) is 11.3. The largest absolute Gasteiger partial charge is 0.370 e. The molecule has 0 radical (unpaired) electrons. The fraction of sp³-hybridized carbons (Fsp3) is 0.194. The van der Waals surface area contributed by atoms with Crippen molar-refractivity contribution in [1.29, 1.82) is 0 Å². The summed E-state index contributed by atoms with van der Waals surface area (Å²) in [6.45, 7) is 2.11. The molecule has 3 heterocycles. The highest BCUT2D eigenvalue weighted by Gasteiger charge is 2.37. The van der Waals surface area contributed by atoms with E-state index in [-0.39, 0.29) is 30.7 Å². The number of pyridine rings is 1. The fourth-order valence-corrected chi connectivity index (χ4v) is 5.98. The number of hydrogen-bond acceptors (Lipinski definition) is 9. The predicted molar refractivity (Wildman–Crippen MR) is 177 cm³/mol. The third-order valence-corrected chi connectivity index (χ3v) is 8.28. The van der Waals surface area contributed by atoms with Crippen molar-refractivity contribution in [2.45, 2.75) is 25.8 Å². The van der Waals surface area contributed by atoms with Crippen molar-refractivity contribution in [2.75, 3.05) is 24.3 Å². The average Bonchev–Trinajstić information content (AvgIpc) is 3.09. The Balaban J connectivity index is 1.31. The van der Waals surface area contributed by atoms with Crippen LogP contribution in [0.15, 0.2) is 104 Å². The van der Waals surface area contributed by atoms with Gasteiger partial charge in [-0.2, -0.15) is 5.06 Å². The molecule has 1 aliphatic rings. The van der Waals surface area contributed by atoms with Crippen molar-refractivity contribution < 1.29 is 14.8 Å². The van der Waals surface area contributed by atoms with Gasteiger partial charge in [0.15, 0.2) is 5.78 Å². The summed E-state index contributed by atoms with van der Waals surface area (Å²) >= 11 is 0. The van der Waals surface area contributed by atoms with E-state index in [1.165, 1.54) is 5.06 Å². The molecule has 0 aliphatic carbocycles. The predicted octanol–water partition coefficient (Wildman–Crippen LogP) is 6.20. The number of fused-ring (bicyclic) bond motifs is 1. The summed E-state index contributed by atoms with van der Waals surface area (Å²) < 4.78 is 0. The lowest BCUT2D eigenvalue weighted by Gasteiger charge is -2.39. The first kappa shape index (κ1) is 30.6. The molecule has 0 saturated carbocycles. The molecular formula is C36H35N7O3. The van der Waals surface area contributed by atoms with E-state index in [0.29, 0.717) is 34.7 Å². The highest BCUT2D eigenvalue weighted by Crippen LogP contribution is 2.41. The molecule has 1 amide bonds. The number of ketones is 1. The number of aryl methyl sites for hydroxylation is 1. The van der Waals surface area contributed by atoms with Gasteiger partial charge in [0.2, 0.25) is 5.95 Å². The van der Waals surface area contributed by atoms with Crippen LogP contribution >= 0.6 is 0 Å². The van der Waals surface area contributed by atoms with Gasteiger partial charge >= 0.3 is 0 Å². The van der Waals surface area contributed by atoms with Crippen LogP contribution in [0, 0.1) is 12.8 Å². The van der Waals surface area contributed by atoms with Crippen LogP contribution < -0.4 is 16.0 Å². The molecule has 3 aromatic carbocycles. The van der Waals surface area contributed by atoms with Crippen molar-refractivity contribution in [3.05, 3.63) is 131 Å². The number of hydrogen-bond donors (Lipinski definition) is 4. The smallest absolute Gasteiger partial charge is 0.251 e. The maximum absolute atomic E-state index is 14.1. The van der Waals surface area contributed by atoms with Crippen molar-refractivity contribution in [2.24, 2.45) is 5.92 Å². The van der Waals surface area contributed by atoms with Gasteiger partial charge in [-0.3, -0.25) is 14.6 Å². The molecule has 0 spiro atoms. The molecule has 2 unspecified atom stereocenters. The third-order valence-electron chi connectivity index (χ3n) is 8.28. The van der Waals surface area contributed by atoms with Crippen LogP contribution in [0.25, 0.3) is 11.3 Å². The summed E-state index contributed by atoms with van der Waals surface area (Å²) in [6, 6.07) is 25.9. The van der Waals surface area contributed by atoms with Gasteiger partial charge in [0.05, 0.1) is 18.4 Å². The van der Waals surface area contributed by atoms with Gasteiger partial charge < -0.3 is 21.2 Å². The molecule has 10 heteroatoms. The molecule has 1 aliphatic heterocycles. The molecule has 0 fully saturated rings. The lowest BCUT2D eigenvalue weighted by Crippen LogP contribution is -2.42. The Morgan fingerprint density at radius 3 is 2.65 bits per heavy atom. The van der Waals surface area contributed by atoms with E-state index in [9.17, 15) is 14.8 Å². The van der Waals surface area contributed by atoms with Crippen LogP contribution in [-0.4, -0.2) is 50.6 Å². The first-order valence-electron chi connectivity index (χ1n) is 15.1. The fourth-order valence-electron chi connectivity index (χ4n) is 5.98. The summed E-state index contributed by atoms with van der Waals surface area (Å²) in [5.74, 6) is -0.295. The molecule has 0 bridgehead atoms. The Morgan fingerprint density at radius 1 is 1.02 bits per heavy atom. The van der Waals surface area contributed by atoms with Crippen LogP contribution in [0.1, 0.15) is 49.9 Å². The van der Waals surface area contributed by atoms with Gasteiger partial charge in [-0.05, 0) is 66.8 Å². The van der Waals surface area contributed by atoms with E-state index in [4.69, 9.17) is 0 Å². The lowest BCUT2D eigenvalue weighted by atomic mass is 9.80. The number of anilines is 3. The van der Waals surface area contributed by atoms with Crippen molar-refractivity contribution in [3.63, 3.8) is 0 Å². The topological polar surface area (TPSA) is 132 Å². The van der Waals surface area contributed by atoms with Gasteiger partial charge in [-0.1, -0.05) is 48.5 Å². The Morgan fingerprint density at radius 2 is 1.87 bits per heavy atom. The number of benzene rings is 3. The monoisotopic (exact) mass is 613 g/mol. The standard InChI is InChI=1S/C36H35N7O3/c1-23-13-14-25(19-31(23)42-36-39-17-15-29(41-36)26-10-7-16-38-21-26)32(44)20-27(18-24-8-4-3-5-9-24)34-33-28(35(45)37-2)11-6-12-30(33)40-22-43(34)46/h3-17,19,21,27,34,40,46H,18,20,22H2,1-2H3,(H,37,45)(H,39,41,42). The van der Waals surface area contributed by atoms with E-state index >= 15 is 0 Å². The molecule has 2 atom stereocenters. The van der Waals surface area contributed by atoms with Gasteiger partial charge in [0.25, 0.3) is 5.91 Å². The van der Waals surface area contributed by atoms with E-state index in [1.54, 1.807) is 31.7 Å².